The Morgan fingerprint density at radius 1 is 1.00 bits per heavy atom. The van der Waals surface area contributed by atoms with Crippen molar-refractivity contribution in [1.29, 1.82) is 0 Å². The molecule has 3 nitrogen and oxygen atoms in total. The Hall–Kier alpha value is -1.55. The van der Waals surface area contributed by atoms with Gasteiger partial charge in [-0.3, -0.25) is 9.59 Å². The topological polar surface area (TPSA) is 46.2 Å². The second-order valence-electron chi connectivity index (χ2n) is 4.21. The molecule has 0 heterocycles. The highest BCUT2D eigenvalue weighted by molar-refractivity contribution is 6.46. The molecule has 0 spiro atoms. The first-order valence-electron chi connectivity index (χ1n) is 5.98. The molecule has 108 valence electrons. The van der Waals surface area contributed by atoms with Gasteiger partial charge < -0.3 is 5.32 Å². The van der Waals surface area contributed by atoms with Crippen molar-refractivity contribution < 1.29 is 9.59 Å². The summed E-state index contributed by atoms with van der Waals surface area (Å²) >= 11 is 17.7. The number of carbonyl (C=O) groups excluding carboxylic acids is 2. The molecule has 1 atom stereocenters. The molecule has 2 aromatic rings. The number of rotatable bonds is 4. The second-order valence-corrected chi connectivity index (χ2v) is 5.49. The standard InChI is InChI=1S/C15H10Cl3NO2/c16-10-6-7-11(17)12(8-10)19-15(21)13(18)14(20)9-4-2-1-3-5-9/h1-8,13H,(H,19,21). The van der Waals surface area contributed by atoms with Crippen LogP contribution in [-0.4, -0.2) is 17.1 Å². The van der Waals surface area contributed by atoms with Gasteiger partial charge in [-0.25, -0.2) is 0 Å². The van der Waals surface area contributed by atoms with Gasteiger partial charge in [-0.15, -0.1) is 11.6 Å². The third kappa shape index (κ3) is 3.97. The Balaban J connectivity index is 2.13. The van der Waals surface area contributed by atoms with Crippen molar-refractivity contribution in [3.8, 4) is 0 Å². The van der Waals surface area contributed by atoms with E-state index in [1.807, 2.05) is 0 Å². The van der Waals surface area contributed by atoms with Crippen LogP contribution in [0.15, 0.2) is 48.5 Å². The third-order valence-corrected chi connectivity index (χ3v) is 3.67. The molecule has 0 saturated carbocycles. The van der Waals surface area contributed by atoms with Crippen molar-refractivity contribution in [3.05, 3.63) is 64.1 Å². The molecule has 1 unspecified atom stereocenters. The molecule has 0 aliphatic rings. The molecule has 0 aliphatic heterocycles. The van der Waals surface area contributed by atoms with E-state index in [2.05, 4.69) is 5.32 Å². The minimum absolute atomic E-state index is 0.306. The molecule has 0 radical (unpaired) electrons. The van der Waals surface area contributed by atoms with E-state index in [1.54, 1.807) is 42.5 Å². The van der Waals surface area contributed by atoms with Gasteiger partial charge in [0.2, 0.25) is 5.91 Å². The average Bonchev–Trinajstić information content (AvgIpc) is 2.50. The van der Waals surface area contributed by atoms with Crippen LogP contribution in [0.25, 0.3) is 0 Å². The fourth-order valence-electron chi connectivity index (χ4n) is 1.66. The van der Waals surface area contributed by atoms with Crippen LogP contribution in [0.4, 0.5) is 5.69 Å². The zero-order chi connectivity index (χ0) is 15.4. The summed E-state index contributed by atoms with van der Waals surface area (Å²) in [6.07, 6.45) is 0. The number of hydrogen-bond acceptors (Lipinski definition) is 2. The number of halogens is 3. The van der Waals surface area contributed by atoms with E-state index in [1.165, 1.54) is 6.07 Å². The predicted octanol–water partition coefficient (Wildman–Crippen LogP) is 4.42. The Morgan fingerprint density at radius 3 is 2.33 bits per heavy atom. The summed E-state index contributed by atoms with van der Waals surface area (Å²) in [4.78, 5) is 24.1. The molecule has 0 bridgehead atoms. The predicted molar refractivity (Wildman–Crippen MR) is 85.5 cm³/mol. The minimum atomic E-state index is -1.34. The normalized spacial score (nSPS) is 11.8. The Bertz CT molecular complexity index is 674. The lowest BCUT2D eigenvalue weighted by Gasteiger charge is -2.11. The molecule has 0 aromatic heterocycles. The van der Waals surface area contributed by atoms with Gasteiger partial charge in [0.05, 0.1) is 10.7 Å². The summed E-state index contributed by atoms with van der Waals surface area (Å²) in [5, 5.41) is 1.87. The van der Waals surface area contributed by atoms with Gasteiger partial charge in [0.15, 0.2) is 11.2 Å². The lowest BCUT2D eigenvalue weighted by molar-refractivity contribution is -0.115. The number of ketones is 1. The summed E-state index contributed by atoms with van der Waals surface area (Å²) in [7, 11) is 0. The van der Waals surface area contributed by atoms with Crippen LogP contribution in [0.5, 0.6) is 0 Å². The molecule has 0 fully saturated rings. The van der Waals surface area contributed by atoms with Crippen LogP contribution in [0.3, 0.4) is 0 Å². The highest BCUT2D eigenvalue weighted by Crippen LogP contribution is 2.26. The third-order valence-electron chi connectivity index (χ3n) is 2.70. The zero-order valence-electron chi connectivity index (χ0n) is 10.6. The molecule has 1 N–H and O–H groups in total. The van der Waals surface area contributed by atoms with E-state index in [0.717, 1.165) is 0 Å². The van der Waals surface area contributed by atoms with E-state index in [4.69, 9.17) is 34.8 Å². The lowest BCUT2D eigenvalue weighted by atomic mass is 10.1. The van der Waals surface area contributed by atoms with Crippen LogP contribution in [0.2, 0.25) is 10.0 Å². The van der Waals surface area contributed by atoms with E-state index in [9.17, 15) is 9.59 Å². The van der Waals surface area contributed by atoms with Gasteiger partial charge in [0, 0.05) is 10.6 Å². The first-order chi connectivity index (χ1) is 9.99. The van der Waals surface area contributed by atoms with Crippen LogP contribution in [0.1, 0.15) is 10.4 Å². The minimum Gasteiger partial charge on any atom is -0.323 e. The number of carbonyl (C=O) groups is 2. The van der Waals surface area contributed by atoms with Gasteiger partial charge in [-0.2, -0.15) is 0 Å². The molecule has 1 amide bonds. The largest absolute Gasteiger partial charge is 0.323 e. The highest BCUT2D eigenvalue weighted by Gasteiger charge is 2.25. The SMILES string of the molecule is O=C(Nc1cc(Cl)ccc1Cl)C(Cl)C(=O)c1ccccc1. The van der Waals surface area contributed by atoms with Gasteiger partial charge in [-0.1, -0.05) is 53.5 Å². The average molecular weight is 343 g/mol. The summed E-state index contributed by atoms with van der Waals surface area (Å²) in [5.41, 5.74) is 0.672. The monoisotopic (exact) mass is 341 g/mol. The smallest absolute Gasteiger partial charge is 0.250 e. The molecule has 0 aliphatic carbocycles. The fraction of sp³-hybridized carbons (Fsp3) is 0.0667. The van der Waals surface area contributed by atoms with Crippen molar-refractivity contribution in [2.75, 3.05) is 5.32 Å². The van der Waals surface area contributed by atoms with Crippen molar-refractivity contribution in [3.63, 3.8) is 0 Å². The Morgan fingerprint density at radius 2 is 1.67 bits per heavy atom. The van der Waals surface area contributed by atoms with Gasteiger partial charge >= 0.3 is 0 Å². The van der Waals surface area contributed by atoms with Crippen LogP contribution in [0, 0.1) is 0 Å². The summed E-state index contributed by atoms with van der Waals surface area (Å²) < 4.78 is 0. The zero-order valence-corrected chi connectivity index (χ0v) is 12.9. The van der Waals surface area contributed by atoms with E-state index < -0.39 is 17.1 Å². The van der Waals surface area contributed by atoms with Crippen molar-refractivity contribution in [1.82, 2.24) is 0 Å². The molecule has 6 heteroatoms. The Labute approximate surface area is 136 Å². The highest BCUT2D eigenvalue weighted by atomic mass is 35.5. The number of nitrogens with one attached hydrogen (secondary N) is 1. The van der Waals surface area contributed by atoms with Crippen molar-refractivity contribution in [2.45, 2.75) is 5.38 Å². The van der Waals surface area contributed by atoms with Crippen molar-refractivity contribution >= 4 is 52.2 Å². The van der Waals surface area contributed by atoms with Gasteiger partial charge in [0.25, 0.3) is 0 Å². The lowest BCUT2D eigenvalue weighted by Crippen LogP contribution is -2.30. The maximum absolute atomic E-state index is 12.1. The molecule has 0 saturated heterocycles. The van der Waals surface area contributed by atoms with Gasteiger partial charge in [0.1, 0.15) is 0 Å². The summed E-state index contributed by atoms with van der Waals surface area (Å²) in [6.45, 7) is 0. The van der Waals surface area contributed by atoms with Gasteiger partial charge in [-0.05, 0) is 18.2 Å². The van der Waals surface area contributed by atoms with E-state index >= 15 is 0 Å². The molecular weight excluding hydrogens is 333 g/mol. The maximum atomic E-state index is 12.1. The number of alkyl halides is 1. The van der Waals surface area contributed by atoms with E-state index in [0.29, 0.717) is 21.3 Å². The first kappa shape index (κ1) is 15.8. The fourth-order valence-corrected chi connectivity index (χ4v) is 2.17. The number of benzene rings is 2. The first-order valence-corrected chi connectivity index (χ1v) is 7.17. The number of hydrogen-bond donors (Lipinski definition) is 1. The quantitative estimate of drug-likeness (QED) is 0.508. The molecular formula is C15H10Cl3NO2. The van der Waals surface area contributed by atoms with Crippen LogP contribution >= 0.6 is 34.8 Å². The Kier molecular flexibility index (Phi) is 5.23. The maximum Gasteiger partial charge on any atom is 0.250 e. The number of Topliss-reactive ketones (excluding diaryl/α,β-unsaturated/α-hetero) is 1. The number of amides is 1. The van der Waals surface area contributed by atoms with Crippen molar-refractivity contribution in [2.24, 2.45) is 0 Å². The summed E-state index contributed by atoms with van der Waals surface area (Å²) in [6, 6.07) is 13.0. The van der Waals surface area contributed by atoms with Crippen LogP contribution in [-0.2, 0) is 4.79 Å². The number of anilines is 1. The molecule has 21 heavy (non-hydrogen) atoms. The molecule has 2 aromatic carbocycles. The molecule has 2 rings (SSSR count). The van der Waals surface area contributed by atoms with E-state index in [-0.39, 0.29) is 0 Å². The van der Waals surface area contributed by atoms with Crippen LogP contribution < -0.4 is 5.32 Å². The second kappa shape index (κ2) is 6.94. The summed E-state index contributed by atoms with van der Waals surface area (Å²) in [5.74, 6) is -1.14.